The second-order valence-corrected chi connectivity index (χ2v) is 12.5. The number of unbranched alkanes of at least 4 members (excludes halogenated alkanes) is 1. The lowest BCUT2D eigenvalue weighted by Crippen LogP contribution is -2.48. The van der Waals surface area contributed by atoms with Gasteiger partial charge < -0.3 is 35.7 Å². The van der Waals surface area contributed by atoms with Crippen LogP contribution in [0.2, 0.25) is 0 Å². The van der Waals surface area contributed by atoms with Crippen molar-refractivity contribution in [1.29, 1.82) is 0 Å². The number of aromatic nitrogens is 1. The fraction of sp³-hybridized carbons (Fsp3) is 0.576. The molecule has 2 aromatic rings. The maximum Gasteiger partial charge on any atom is 0.341 e. The van der Waals surface area contributed by atoms with Gasteiger partial charge in [-0.3, -0.25) is 14.4 Å². The molecule has 0 spiro atoms. The number of carboxylic acids is 1. The van der Waals surface area contributed by atoms with E-state index in [4.69, 9.17) is 16.2 Å². The van der Waals surface area contributed by atoms with Crippen molar-refractivity contribution >= 4 is 34.3 Å². The van der Waals surface area contributed by atoms with Gasteiger partial charge in [0.2, 0.25) is 11.3 Å². The predicted molar refractivity (Wildman–Crippen MR) is 169 cm³/mol. The Morgan fingerprint density at radius 1 is 1.13 bits per heavy atom. The summed E-state index contributed by atoms with van der Waals surface area (Å²) in [5.41, 5.74) is 11.2. The van der Waals surface area contributed by atoms with Crippen molar-refractivity contribution in [2.45, 2.75) is 88.8 Å². The van der Waals surface area contributed by atoms with Gasteiger partial charge >= 0.3 is 5.97 Å². The van der Waals surface area contributed by atoms with E-state index >= 15 is 8.78 Å². The normalized spacial score (nSPS) is 20.2. The maximum atomic E-state index is 15.8. The molecule has 46 heavy (non-hydrogen) atoms. The molecule has 250 valence electrons. The molecule has 1 aliphatic carbocycles. The Balaban J connectivity index is 1.34. The van der Waals surface area contributed by atoms with Crippen molar-refractivity contribution in [1.82, 2.24) is 9.47 Å². The largest absolute Gasteiger partial charge is 0.492 e. The van der Waals surface area contributed by atoms with Gasteiger partial charge in [0, 0.05) is 44.7 Å². The molecule has 3 heterocycles. The highest BCUT2D eigenvalue weighted by Crippen LogP contribution is 2.44. The zero-order valence-electron chi connectivity index (χ0n) is 26.2. The van der Waals surface area contributed by atoms with Gasteiger partial charge in [-0.05, 0) is 69.6 Å². The lowest BCUT2D eigenvalue weighted by molar-refractivity contribution is -0.138. The highest BCUT2D eigenvalue weighted by molar-refractivity contribution is 5.97. The number of benzene rings is 1. The number of rotatable bonds is 13. The summed E-state index contributed by atoms with van der Waals surface area (Å²) in [6.45, 7) is 1.43. The number of carboxylic acid groups (broad SMARTS) is 1. The van der Waals surface area contributed by atoms with Crippen LogP contribution in [-0.4, -0.2) is 77.6 Å². The number of hydrogen-bond donors (Lipinski definition) is 3. The number of methoxy groups -OCH3 is 1. The molecule has 2 aliphatic heterocycles. The summed E-state index contributed by atoms with van der Waals surface area (Å²) in [4.78, 5) is 54.1. The number of fused-ring (bicyclic) bond motifs is 1. The number of carbonyl (C=O) groups is 3. The summed E-state index contributed by atoms with van der Waals surface area (Å²) in [6.07, 6.45) is 6.82. The van der Waals surface area contributed by atoms with Crippen LogP contribution in [0.25, 0.3) is 10.9 Å². The van der Waals surface area contributed by atoms with Crippen LogP contribution in [0.4, 0.5) is 14.5 Å². The van der Waals surface area contributed by atoms with E-state index in [-0.39, 0.29) is 53.9 Å². The first kappa shape index (κ1) is 33.5. The van der Waals surface area contributed by atoms with Crippen LogP contribution in [0.1, 0.15) is 87.0 Å². The molecule has 1 amide bonds. The number of aromatic carboxylic acids is 1. The summed E-state index contributed by atoms with van der Waals surface area (Å²) in [5, 5.41) is 9.50. The Kier molecular flexibility index (Phi) is 10.4. The highest BCUT2D eigenvalue weighted by atomic mass is 19.1. The molecule has 3 fully saturated rings. The number of pyridine rings is 1. The Morgan fingerprint density at radius 2 is 1.89 bits per heavy atom. The van der Waals surface area contributed by atoms with Gasteiger partial charge in [0.15, 0.2) is 17.3 Å². The predicted octanol–water partition coefficient (Wildman–Crippen LogP) is 3.80. The van der Waals surface area contributed by atoms with Crippen molar-refractivity contribution in [2.75, 3.05) is 38.2 Å². The number of Topliss-reactive ketones (excluding diaryl/α,β-unsaturated/α-hetero) is 1. The van der Waals surface area contributed by atoms with Crippen LogP contribution in [0.5, 0.6) is 5.75 Å². The molecule has 5 rings (SSSR count). The monoisotopic (exact) mass is 643 g/mol. The smallest absolute Gasteiger partial charge is 0.341 e. The van der Waals surface area contributed by atoms with Crippen molar-refractivity contribution in [3.63, 3.8) is 0 Å². The zero-order valence-corrected chi connectivity index (χ0v) is 26.2. The van der Waals surface area contributed by atoms with Crippen LogP contribution < -0.4 is 26.5 Å². The van der Waals surface area contributed by atoms with E-state index in [2.05, 4.69) is 0 Å². The van der Waals surface area contributed by atoms with Crippen LogP contribution in [0.3, 0.4) is 0 Å². The fourth-order valence-corrected chi connectivity index (χ4v) is 6.79. The van der Waals surface area contributed by atoms with Crippen LogP contribution in [0.15, 0.2) is 28.5 Å². The molecule has 3 aliphatic rings. The minimum absolute atomic E-state index is 0.0433. The molecule has 11 nitrogen and oxygen atoms in total. The van der Waals surface area contributed by atoms with E-state index < -0.39 is 40.7 Å². The molecule has 1 aromatic carbocycles. The van der Waals surface area contributed by atoms with E-state index in [9.17, 15) is 24.3 Å². The SMILES string of the molecule is COc1c(N2CCC/C(=C(\F)CCC(=O)[C@@H]3CCCN3C(=O)[C@@H](N)CCCCN)C2)c(F)cc2c(=O)c(C(=O)O)cn(C3CC3)c12. The Bertz CT molecular complexity index is 1600. The number of ketones is 1. The average Bonchev–Trinajstić information content (AvgIpc) is 3.77. The quantitative estimate of drug-likeness (QED) is 0.276. The minimum Gasteiger partial charge on any atom is -0.492 e. The Morgan fingerprint density at radius 3 is 2.57 bits per heavy atom. The van der Waals surface area contributed by atoms with Gasteiger partial charge in [-0.2, -0.15) is 0 Å². The van der Waals surface area contributed by atoms with Crippen LogP contribution >= 0.6 is 0 Å². The number of ether oxygens (including phenoxy) is 1. The summed E-state index contributed by atoms with van der Waals surface area (Å²) in [5.74, 6) is -2.96. The summed E-state index contributed by atoms with van der Waals surface area (Å²) < 4.78 is 38.8. The third-order valence-electron chi connectivity index (χ3n) is 9.35. The lowest BCUT2D eigenvalue weighted by atomic mass is 9.98. The second-order valence-electron chi connectivity index (χ2n) is 12.5. The van der Waals surface area contributed by atoms with Gasteiger partial charge in [0.05, 0.1) is 30.1 Å². The van der Waals surface area contributed by atoms with E-state index in [1.165, 1.54) is 18.2 Å². The standard InChI is InChI=1S/C33H43F2N5O6/c1-46-31-28-21(30(42)22(33(44)45)18-40(28)20-9-10-20)16-24(35)29(31)38-14-4-6-19(17-38)23(34)11-12-27(41)26-8-5-15-39(26)32(43)25(37)7-2-3-13-36/h16,18,20,25-26H,2-15,17,36-37H2,1H3,(H,44,45)/b23-19+/t25-,26-/m0/s1. The number of piperidine rings is 1. The van der Waals surface area contributed by atoms with Crippen molar-refractivity contribution in [3.05, 3.63) is 45.3 Å². The third kappa shape index (κ3) is 6.80. The van der Waals surface area contributed by atoms with Gasteiger partial charge in [-0.1, -0.05) is 6.42 Å². The molecule has 0 bridgehead atoms. The molecule has 13 heteroatoms. The number of likely N-dealkylation sites (tertiary alicyclic amines) is 1. The number of carbonyl (C=O) groups excluding carboxylic acids is 2. The van der Waals surface area contributed by atoms with E-state index in [0.717, 1.165) is 31.7 Å². The third-order valence-corrected chi connectivity index (χ3v) is 9.35. The zero-order chi connectivity index (χ0) is 33.1. The van der Waals surface area contributed by atoms with E-state index in [0.29, 0.717) is 62.8 Å². The molecular formula is C33H43F2N5O6. The number of nitrogens with two attached hydrogens (primary N) is 2. The summed E-state index contributed by atoms with van der Waals surface area (Å²) in [6, 6.07) is -0.307. The van der Waals surface area contributed by atoms with Gasteiger partial charge in [0.25, 0.3) is 0 Å². The van der Waals surface area contributed by atoms with Crippen molar-refractivity contribution < 1.29 is 33.0 Å². The van der Waals surface area contributed by atoms with Crippen LogP contribution in [-0.2, 0) is 9.59 Å². The highest BCUT2D eigenvalue weighted by Gasteiger charge is 2.36. The number of hydrogen-bond acceptors (Lipinski definition) is 8. The minimum atomic E-state index is -1.39. The van der Waals surface area contributed by atoms with E-state index in [1.807, 2.05) is 0 Å². The molecular weight excluding hydrogens is 600 g/mol. The molecule has 2 saturated heterocycles. The molecule has 0 unspecified atom stereocenters. The van der Waals surface area contributed by atoms with Crippen molar-refractivity contribution in [2.24, 2.45) is 11.5 Å². The average molecular weight is 644 g/mol. The summed E-state index contributed by atoms with van der Waals surface area (Å²) in [7, 11) is 1.36. The Hall–Kier alpha value is -3.84. The van der Waals surface area contributed by atoms with Crippen LogP contribution in [0, 0.1) is 5.82 Å². The lowest BCUT2D eigenvalue weighted by Gasteiger charge is -2.33. The molecule has 1 aromatic heterocycles. The number of halogens is 2. The first-order valence-corrected chi connectivity index (χ1v) is 16.2. The molecule has 0 radical (unpaired) electrons. The summed E-state index contributed by atoms with van der Waals surface area (Å²) >= 11 is 0. The van der Waals surface area contributed by atoms with E-state index in [1.54, 1.807) is 9.47 Å². The first-order chi connectivity index (χ1) is 22.1. The Labute approximate surface area is 266 Å². The van der Waals surface area contributed by atoms with Crippen molar-refractivity contribution in [3.8, 4) is 5.75 Å². The topological polar surface area (TPSA) is 161 Å². The molecule has 1 saturated carbocycles. The number of anilines is 1. The molecule has 5 N–H and O–H groups in total. The molecule has 2 atom stereocenters. The second kappa shape index (κ2) is 14.3. The van der Waals surface area contributed by atoms with Gasteiger partial charge in [-0.25, -0.2) is 13.6 Å². The maximum absolute atomic E-state index is 15.8. The number of amides is 1. The van der Waals surface area contributed by atoms with Gasteiger partial charge in [-0.15, -0.1) is 0 Å². The number of allylic oxidation sites excluding steroid dienone is 1. The first-order valence-electron chi connectivity index (χ1n) is 16.2. The fourth-order valence-electron chi connectivity index (χ4n) is 6.79. The van der Waals surface area contributed by atoms with Gasteiger partial charge in [0.1, 0.15) is 17.1 Å². The number of nitrogens with zero attached hydrogens (tertiary/aromatic N) is 3.